The summed E-state index contributed by atoms with van der Waals surface area (Å²) in [6.45, 7) is 2.09. The van der Waals surface area contributed by atoms with Gasteiger partial charge in [0.05, 0.1) is 0 Å². The van der Waals surface area contributed by atoms with Gasteiger partial charge in [-0.3, -0.25) is 9.79 Å². The van der Waals surface area contributed by atoms with Crippen LogP contribution in [0.5, 0.6) is 0 Å². The first kappa shape index (κ1) is 12.4. The number of amides is 1. The minimum Gasteiger partial charge on any atom is -0.312 e. The molecule has 0 bridgehead atoms. The molecule has 1 heterocycles. The molecule has 1 N–H and O–H groups in total. The number of aryl methyl sites for hydroxylation is 1. The number of carbonyl (C=O) groups is 1. The van der Waals surface area contributed by atoms with Crippen molar-refractivity contribution < 1.29 is 4.79 Å². The molecule has 0 saturated heterocycles. The van der Waals surface area contributed by atoms with E-state index in [-0.39, 0.29) is 11.9 Å². The van der Waals surface area contributed by atoms with Crippen LogP contribution in [0.4, 0.5) is 0 Å². The quantitative estimate of drug-likeness (QED) is 0.887. The third-order valence-corrected chi connectivity index (χ3v) is 4.14. The Morgan fingerprint density at radius 1 is 1.32 bits per heavy atom. The van der Waals surface area contributed by atoms with Crippen molar-refractivity contribution in [3.05, 3.63) is 35.4 Å². The highest BCUT2D eigenvalue weighted by molar-refractivity contribution is 6.06. The maximum atomic E-state index is 11.8. The summed E-state index contributed by atoms with van der Waals surface area (Å²) in [4.78, 5) is 16.4. The van der Waals surface area contributed by atoms with Crippen LogP contribution < -0.4 is 5.32 Å². The Kier molecular flexibility index (Phi) is 3.36. The van der Waals surface area contributed by atoms with E-state index in [1.54, 1.807) is 0 Å². The molecule has 2 atom stereocenters. The molecule has 2 aliphatic rings. The van der Waals surface area contributed by atoms with Gasteiger partial charge in [0.1, 0.15) is 11.9 Å². The second kappa shape index (κ2) is 5.16. The van der Waals surface area contributed by atoms with Crippen LogP contribution in [0.15, 0.2) is 29.3 Å². The van der Waals surface area contributed by atoms with E-state index >= 15 is 0 Å². The average Bonchev–Trinajstić information content (AvgIpc) is 2.80. The summed E-state index contributed by atoms with van der Waals surface area (Å²) in [6.07, 6.45) is 5.05. The topological polar surface area (TPSA) is 41.5 Å². The van der Waals surface area contributed by atoms with E-state index in [9.17, 15) is 4.79 Å². The summed E-state index contributed by atoms with van der Waals surface area (Å²) >= 11 is 0. The number of hydrogen-bond donors (Lipinski definition) is 1. The Bertz CT molecular complexity index is 521. The predicted molar refractivity (Wildman–Crippen MR) is 76.2 cm³/mol. The third kappa shape index (κ3) is 2.42. The molecular weight excluding hydrogens is 236 g/mol. The molecule has 0 aromatic heterocycles. The van der Waals surface area contributed by atoms with Gasteiger partial charge in [-0.25, -0.2) is 0 Å². The number of benzene rings is 1. The highest BCUT2D eigenvalue weighted by Gasteiger charge is 2.31. The third-order valence-electron chi connectivity index (χ3n) is 4.14. The molecule has 100 valence electrons. The zero-order valence-electron chi connectivity index (χ0n) is 11.4. The molecule has 1 aliphatic heterocycles. The smallest absolute Gasteiger partial charge is 0.250 e. The van der Waals surface area contributed by atoms with E-state index < -0.39 is 0 Å². The molecule has 0 spiro atoms. The van der Waals surface area contributed by atoms with Crippen LogP contribution in [0, 0.1) is 5.92 Å². The summed E-state index contributed by atoms with van der Waals surface area (Å²) < 4.78 is 0. The number of nitrogens with zero attached hydrogens (tertiary/aromatic N) is 1. The first-order valence-corrected chi connectivity index (χ1v) is 7.23. The fraction of sp³-hybridized carbons (Fsp3) is 0.500. The number of carbonyl (C=O) groups excluding carboxylic acids is 1. The zero-order chi connectivity index (χ0) is 13.2. The number of amidine groups is 1. The Hall–Kier alpha value is -1.64. The van der Waals surface area contributed by atoms with Crippen molar-refractivity contribution in [2.75, 3.05) is 0 Å². The van der Waals surface area contributed by atoms with E-state index in [0.717, 1.165) is 37.9 Å². The summed E-state index contributed by atoms with van der Waals surface area (Å²) in [5.41, 5.74) is 2.86. The van der Waals surface area contributed by atoms with Crippen LogP contribution >= 0.6 is 0 Å². The van der Waals surface area contributed by atoms with Crippen molar-refractivity contribution in [2.24, 2.45) is 10.9 Å². The van der Waals surface area contributed by atoms with E-state index in [0.29, 0.717) is 5.92 Å². The van der Waals surface area contributed by atoms with Crippen molar-refractivity contribution >= 4 is 11.7 Å². The van der Waals surface area contributed by atoms with Crippen molar-refractivity contribution in [3.8, 4) is 0 Å². The molecule has 0 radical (unpaired) electrons. The highest BCUT2D eigenvalue weighted by atomic mass is 16.2. The van der Waals surface area contributed by atoms with Gasteiger partial charge in [-0.05, 0) is 36.8 Å². The fourth-order valence-corrected chi connectivity index (χ4v) is 3.08. The first-order chi connectivity index (χ1) is 9.28. The minimum atomic E-state index is -0.142. The van der Waals surface area contributed by atoms with Crippen molar-refractivity contribution in [1.82, 2.24) is 5.32 Å². The predicted octanol–water partition coefficient (Wildman–Crippen LogP) is 2.49. The molecule has 1 aromatic carbocycles. The second-order valence-corrected chi connectivity index (χ2v) is 5.52. The lowest BCUT2D eigenvalue weighted by Crippen LogP contribution is -2.35. The Morgan fingerprint density at radius 3 is 2.89 bits per heavy atom. The Morgan fingerprint density at radius 2 is 2.11 bits per heavy atom. The molecule has 0 fully saturated rings. The van der Waals surface area contributed by atoms with Crippen LogP contribution in [0.25, 0.3) is 0 Å². The maximum Gasteiger partial charge on any atom is 0.250 e. The van der Waals surface area contributed by atoms with Gasteiger partial charge >= 0.3 is 0 Å². The van der Waals surface area contributed by atoms with Crippen molar-refractivity contribution in [3.63, 3.8) is 0 Å². The fourth-order valence-electron chi connectivity index (χ4n) is 3.08. The zero-order valence-corrected chi connectivity index (χ0v) is 11.4. The van der Waals surface area contributed by atoms with E-state index in [2.05, 4.69) is 41.5 Å². The number of hydrogen-bond acceptors (Lipinski definition) is 2. The van der Waals surface area contributed by atoms with E-state index in [1.807, 2.05) is 0 Å². The molecule has 1 aromatic rings. The van der Waals surface area contributed by atoms with E-state index in [1.165, 1.54) is 11.1 Å². The van der Waals surface area contributed by atoms with Gasteiger partial charge in [0.15, 0.2) is 0 Å². The van der Waals surface area contributed by atoms with Crippen LogP contribution in [0.1, 0.15) is 37.3 Å². The number of aliphatic imine (C=N–C) groups is 1. The number of fused-ring (bicyclic) bond motifs is 1. The summed E-state index contributed by atoms with van der Waals surface area (Å²) in [5.74, 6) is 1.41. The largest absolute Gasteiger partial charge is 0.312 e. The molecule has 2 unspecified atom stereocenters. The van der Waals surface area contributed by atoms with Crippen molar-refractivity contribution in [2.45, 2.75) is 45.1 Å². The van der Waals surface area contributed by atoms with Gasteiger partial charge < -0.3 is 5.32 Å². The monoisotopic (exact) mass is 256 g/mol. The summed E-state index contributed by atoms with van der Waals surface area (Å²) in [6, 6.07) is 8.46. The Labute approximate surface area is 114 Å². The standard InChI is InChI=1S/C16H20N2O/c1-2-5-14-16(19)18-15(17-14)13-9-8-11-6-3-4-7-12(11)10-13/h3-4,6-7,13-14H,2,5,8-10H2,1H3,(H,17,18,19). The van der Waals surface area contributed by atoms with Gasteiger partial charge in [-0.1, -0.05) is 37.6 Å². The molecule has 3 heteroatoms. The lowest BCUT2D eigenvalue weighted by atomic mass is 9.83. The van der Waals surface area contributed by atoms with Gasteiger partial charge in [-0.15, -0.1) is 0 Å². The molecule has 0 saturated carbocycles. The van der Waals surface area contributed by atoms with Crippen LogP contribution in [-0.2, 0) is 17.6 Å². The average molecular weight is 256 g/mol. The SMILES string of the molecule is CCCC1N=C(C2CCc3ccccc3C2)NC1=O. The molecule has 19 heavy (non-hydrogen) atoms. The Balaban J connectivity index is 1.75. The van der Waals surface area contributed by atoms with Crippen LogP contribution in [0.2, 0.25) is 0 Å². The van der Waals surface area contributed by atoms with E-state index in [4.69, 9.17) is 0 Å². The highest BCUT2D eigenvalue weighted by Crippen LogP contribution is 2.27. The van der Waals surface area contributed by atoms with Crippen LogP contribution in [-0.4, -0.2) is 17.8 Å². The summed E-state index contributed by atoms with van der Waals surface area (Å²) in [5, 5.41) is 3.00. The molecule has 3 rings (SSSR count). The second-order valence-electron chi connectivity index (χ2n) is 5.52. The first-order valence-electron chi connectivity index (χ1n) is 7.23. The normalized spacial score (nSPS) is 25.7. The molecular formula is C16H20N2O. The maximum absolute atomic E-state index is 11.8. The molecule has 3 nitrogen and oxygen atoms in total. The van der Waals surface area contributed by atoms with Crippen molar-refractivity contribution in [1.29, 1.82) is 0 Å². The summed E-state index contributed by atoms with van der Waals surface area (Å²) in [7, 11) is 0. The van der Waals surface area contributed by atoms with Crippen LogP contribution in [0.3, 0.4) is 0 Å². The molecule has 1 amide bonds. The molecule has 1 aliphatic carbocycles. The number of rotatable bonds is 3. The van der Waals surface area contributed by atoms with Gasteiger partial charge in [-0.2, -0.15) is 0 Å². The van der Waals surface area contributed by atoms with Gasteiger partial charge in [0.2, 0.25) is 5.91 Å². The number of nitrogens with one attached hydrogen (secondary N) is 1. The minimum absolute atomic E-state index is 0.0932. The van der Waals surface area contributed by atoms with Gasteiger partial charge in [0.25, 0.3) is 0 Å². The lowest BCUT2D eigenvalue weighted by Gasteiger charge is -2.24. The van der Waals surface area contributed by atoms with Gasteiger partial charge in [0, 0.05) is 5.92 Å². The lowest BCUT2D eigenvalue weighted by molar-refractivity contribution is -0.120.